The number of anilines is 2. The smallest absolute Gasteiger partial charge is 0.307 e. The van der Waals surface area contributed by atoms with Crippen molar-refractivity contribution in [2.45, 2.75) is 47.3 Å². The van der Waals surface area contributed by atoms with Crippen LogP contribution in [0.15, 0.2) is 137 Å². The number of aryl methyl sites for hydroxylation is 4. The summed E-state index contributed by atoms with van der Waals surface area (Å²) in [6.07, 6.45) is 0. The minimum atomic E-state index is -4.86. The van der Waals surface area contributed by atoms with Gasteiger partial charge in [0.15, 0.2) is 0 Å². The Morgan fingerprint density at radius 2 is 0.800 bits per heavy atom. The molecule has 0 spiro atoms. The molecule has 0 aliphatic carbocycles. The first kappa shape index (κ1) is 49.6. The van der Waals surface area contributed by atoms with Crippen molar-refractivity contribution in [3.05, 3.63) is 119 Å². The Hall–Kier alpha value is -6.79. The Bertz CT molecular complexity index is 3780. The van der Waals surface area contributed by atoms with Crippen LogP contribution in [0.25, 0.3) is 41.6 Å². The lowest BCUT2D eigenvalue weighted by atomic mass is 10.1. The van der Waals surface area contributed by atoms with Crippen molar-refractivity contribution in [1.29, 1.82) is 0 Å². The maximum Gasteiger partial charge on any atom is 0.323 e. The Balaban J connectivity index is 0.939. The molecule has 70 heavy (non-hydrogen) atoms. The summed E-state index contributed by atoms with van der Waals surface area (Å²) in [6, 6.07) is 22.4. The highest BCUT2D eigenvalue weighted by Gasteiger charge is 2.26. The average Bonchev–Trinajstić information content (AvgIpc) is 3.89. The molecule has 0 radical (unpaired) electrons. The van der Waals surface area contributed by atoms with Gasteiger partial charge in [0.1, 0.15) is 29.6 Å². The van der Waals surface area contributed by atoms with E-state index in [1.165, 1.54) is 62.4 Å². The fourth-order valence-electron chi connectivity index (χ4n) is 7.14. The first-order chi connectivity index (χ1) is 32.7. The molecule has 8 rings (SSSR count). The molecule has 2 heterocycles. The maximum atomic E-state index is 13.1. The van der Waals surface area contributed by atoms with Crippen LogP contribution in [0.4, 0.5) is 38.9 Å². The largest absolute Gasteiger partial charge is 0.323 e. The summed E-state index contributed by atoms with van der Waals surface area (Å²) in [5.41, 5.74) is 3.52. The Labute approximate surface area is 406 Å². The molecule has 360 valence electrons. The number of nitrogens with zero attached hydrogens (tertiary/aromatic N) is 6. The number of thiazole rings is 2. The number of carbonyl (C=O) groups is 1. The van der Waals surface area contributed by atoms with Crippen molar-refractivity contribution in [3.63, 3.8) is 0 Å². The van der Waals surface area contributed by atoms with E-state index < -0.39 is 56.3 Å². The van der Waals surface area contributed by atoms with Gasteiger partial charge < -0.3 is 10.6 Å². The number of fused-ring (bicyclic) bond motifs is 2. The van der Waals surface area contributed by atoms with Crippen molar-refractivity contribution in [1.82, 2.24) is 9.97 Å². The van der Waals surface area contributed by atoms with Crippen molar-refractivity contribution in [2.24, 2.45) is 20.5 Å². The molecule has 21 nitrogen and oxygen atoms in total. The second-order valence-electron chi connectivity index (χ2n) is 15.4. The summed E-state index contributed by atoms with van der Waals surface area (Å²) in [6.45, 7) is 6.38. The van der Waals surface area contributed by atoms with Crippen LogP contribution < -0.4 is 10.6 Å². The third-order valence-corrected chi connectivity index (χ3v) is 16.7. The molecule has 27 heteroatoms. The van der Waals surface area contributed by atoms with Gasteiger partial charge >= 0.3 is 6.03 Å². The third-order valence-electron chi connectivity index (χ3n) is 10.4. The molecule has 0 saturated heterocycles. The van der Waals surface area contributed by atoms with Crippen molar-refractivity contribution in [3.8, 4) is 21.1 Å². The van der Waals surface area contributed by atoms with E-state index in [1.807, 2.05) is 0 Å². The number of benzene rings is 6. The minimum Gasteiger partial charge on any atom is -0.307 e. The molecule has 8 aromatic rings. The number of azo groups is 2. The van der Waals surface area contributed by atoms with Crippen LogP contribution in [-0.4, -0.2) is 67.9 Å². The highest BCUT2D eigenvalue weighted by molar-refractivity contribution is 7.87. The van der Waals surface area contributed by atoms with E-state index in [0.717, 1.165) is 34.8 Å². The molecular formula is C43H34N8O13S6. The Kier molecular flexibility index (Phi) is 13.1. The summed E-state index contributed by atoms with van der Waals surface area (Å²) in [4.78, 5) is 19.9. The lowest BCUT2D eigenvalue weighted by molar-refractivity contribution is 0.262. The summed E-state index contributed by atoms with van der Waals surface area (Å²) >= 11 is 1.64. The molecule has 2 aromatic heterocycles. The molecule has 6 N–H and O–H groups in total. The zero-order chi connectivity index (χ0) is 50.7. The SMILES string of the molecule is Cc1cc(N=Nc2ccc(-c3nc4ccc(C)c(S(=O)(=O)O)c4s3)c(S(=O)(=O)O)c2)ccc1NC(=O)Nc1ccc(N=Nc2ccc(-c3nc4ccc(C)c(S(=O)(=O)O)c4s3)c(S(=O)(=O)O)c2)cc1C. The van der Waals surface area contributed by atoms with Crippen molar-refractivity contribution in [2.75, 3.05) is 10.6 Å². The third kappa shape index (κ3) is 10.5. The Morgan fingerprint density at radius 3 is 1.13 bits per heavy atom. The first-order valence-corrected chi connectivity index (χ1v) is 27.3. The lowest BCUT2D eigenvalue weighted by Gasteiger charge is -2.12. The molecule has 0 unspecified atom stereocenters. The van der Waals surface area contributed by atoms with Gasteiger partial charge in [-0.25, -0.2) is 14.8 Å². The van der Waals surface area contributed by atoms with Crippen LogP contribution in [0.5, 0.6) is 0 Å². The molecule has 0 aliphatic heterocycles. The van der Waals surface area contributed by atoms with Crippen LogP contribution in [0, 0.1) is 27.7 Å². The van der Waals surface area contributed by atoms with Gasteiger partial charge in [0, 0.05) is 22.5 Å². The van der Waals surface area contributed by atoms with E-state index in [4.69, 9.17) is 0 Å². The fraction of sp³-hybridized carbons (Fsp3) is 0.0930. The monoisotopic (exact) mass is 1060 g/mol. The second kappa shape index (κ2) is 18.5. The number of aromatic nitrogens is 2. The van der Waals surface area contributed by atoms with E-state index in [2.05, 4.69) is 41.1 Å². The first-order valence-electron chi connectivity index (χ1n) is 19.9. The van der Waals surface area contributed by atoms with Crippen molar-refractivity contribution < 1.29 is 56.7 Å². The number of hydrogen-bond acceptors (Lipinski definition) is 17. The zero-order valence-electron chi connectivity index (χ0n) is 36.3. The quantitative estimate of drug-likeness (QED) is 0.0489. The topological polar surface area (TPSA) is 334 Å². The van der Waals surface area contributed by atoms with Gasteiger partial charge in [-0.05, 0) is 135 Å². The molecule has 0 bridgehead atoms. The van der Waals surface area contributed by atoms with E-state index in [-0.39, 0.29) is 73.9 Å². The fourth-order valence-corrected chi connectivity index (χ4v) is 13.4. The van der Waals surface area contributed by atoms with Gasteiger partial charge in [-0.1, -0.05) is 12.1 Å². The summed E-state index contributed by atoms with van der Waals surface area (Å²) < 4.78 is 139. The molecule has 0 fully saturated rings. The summed E-state index contributed by atoms with van der Waals surface area (Å²) in [7, 11) is -19.0. The van der Waals surface area contributed by atoms with Crippen LogP contribution in [0.3, 0.4) is 0 Å². The van der Waals surface area contributed by atoms with Crippen LogP contribution in [0.1, 0.15) is 22.3 Å². The normalized spacial score (nSPS) is 12.7. The van der Waals surface area contributed by atoms with Gasteiger partial charge in [-0.3, -0.25) is 18.2 Å². The van der Waals surface area contributed by atoms with Crippen LogP contribution in [0.2, 0.25) is 0 Å². The zero-order valence-corrected chi connectivity index (χ0v) is 41.2. The molecular weight excluding hydrogens is 1030 g/mol. The molecule has 0 aliphatic rings. The average molecular weight is 1060 g/mol. The minimum absolute atomic E-state index is 0.0357. The second-order valence-corrected chi connectivity index (χ2v) is 22.9. The molecule has 0 atom stereocenters. The number of nitrogens with one attached hydrogen (secondary N) is 2. The van der Waals surface area contributed by atoms with E-state index in [1.54, 1.807) is 50.2 Å². The van der Waals surface area contributed by atoms with Crippen LogP contribution >= 0.6 is 22.7 Å². The highest BCUT2D eigenvalue weighted by atomic mass is 32.2. The predicted octanol–water partition coefficient (Wildman–Crippen LogP) is 10.9. The van der Waals surface area contributed by atoms with E-state index in [0.29, 0.717) is 33.9 Å². The summed E-state index contributed by atoms with van der Waals surface area (Å²) in [5, 5.41) is 22.2. The van der Waals surface area contributed by atoms with Gasteiger partial charge in [-0.2, -0.15) is 54.1 Å². The summed E-state index contributed by atoms with van der Waals surface area (Å²) in [5.74, 6) is 0. The van der Waals surface area contributed by atoms with Gasteiger partial charge in [-0.15, -0.1) is 22.7 Å². The Morgan fingerprint density at radius 1 is 0.457 bits per heavy atom. The number of hydrogen-bond donors (Lipinski definition) is 6. The highest BCUT2D eigenvalue weighted by Crippen LogP contribution is 2.41. The van der Waals surface area contributed by atoms with Gasteiger partial charge in [0.2, 0.25) is 0 Å². The molecule has 0 saturated carbocycles. The van der Waals surface area contributed by atoms with Crippen LogP contribution in [-0.2, 0) is 40.5 Å². The number of carbonyl (C=O) groups excluding carboxylic acids is 1. The van der Waals surface area contributed by atoms with Crippen molar-refractivity contribution >= 4 is 124 Å². The predicted molar refractivity (Wildman–Crippen MR) is 262 cm³/mol. The standard InChI is InChI=1S/C43H34N8O13S6/c1-21-5-13-33-37(39(21)69(59,60)61)65-41(44-33)29-11-7-27(19-35(29)67(53,54)55)50-48-25-9-15-31(23(3)17-25)46-43(52)47-32-16-10-26(18-24(32)4)49-51-28-8-12-30(36(20-28)68(56,57)58)42-45-34-14-6-22(2)40(38(34)66-42)70(62,63)64/h5-20H,1-4H3,(H2,46,47,52)(H,53,54,55)(H,56,57,58)(H,59,60,61)(H,62,63,64). The van der Waals surface area contributed by atoms with Gasteiger partial charge in [0.25, 0.3) is 40.5 Å². The maximum absolute atomic E-state index is 13.1. The number of rotatable bonds is 12. The number of urea groups is 1. The van der Waals surface area contributed by atoms with E-state index in [9.17, 15) is 56.7 Å². The number of amides is 2. The molecule has 6 aromatic carbocycles. The molecule has 2 amide bonds. The van der Waals surface area contributed by atoms with Gasteiger partial charge in [0.05, 0.1) is 43.2 Å². The lowest BCUT2D eigenvalue weighted by Crippen LogP contribution is -2.20. The van der Waals surface area contributed by atoms with E-state index >= 15 is 0 Å².